The molecule has 2 heterocycles. The molecular formula is C11H14BrN3. The molecule has 0 aromatic carbocycles. The molecule has 0 aliphatic carbocycles. The van der Waals surface area contributed by atoms with Crippen LogP contribution in [0.25, 0.3) is 5.65 Å². The molecule has 0 fully saturated rings. The molecule has 4 heteroatoms. The van der Waals surface area contributed by atoms with Crippen LogP contribution in [0.3, 0.4) is 0 Å². The third-order valence-electron chi connectivity index (χ3n) is 2.58. The second-order valence-electron chi connectivity index (χ2n) is 3.60. The number of pyridine rings is 1. The zero-order valence-electron chi connectivity index (χ0n) is 8.92. The van der Waals surface area contributed by atoms with E-state index in [0.29, 0.717) is 6.54 Å². The number of nitrogens with zero attached hydrogens (tertiary/aromatic N) is 2. The Labute approximate surface area is 97.4 Å². The molecular weight excluding hydrogens is 254 g/mol. The van der Waals surface area contributed by atoms with Crippen molar-refractivity contribution < 1.29 is 0 Å². The number of halogens is 1. The van der Waals surface area contributed by atoms with E-state index in [4.69, 9.17) is 5.73 Å². The summed E-state index contributed by atoms with van der Waals surface area (Å²) in [7, 11) is 0. The molecule has 3 nitrogen and oxygen atoms in total. The van der Waals surface area contributed by atoms with Crippen molar-refractivity contribution in [2.45, 2.75) is 26.8 Å². The van der Waals surface area contributed by atoms with E-state index in [1.807, 2.05) is 6.20 Å². The molecule has 2 N–H and O–H groups in total. The van der Waals surface area contributed by atoms with E-state index >= 15 is 0 Å². The van der Waals surface area contributed by atoms with Crippen molar-refractivity contribution in [2.24, 2.45) is 5.73 Å². The summed E-state index contributed by atoms with van der Waals surface area (Å²) < 4.78 is 3.14. The molecule has 0 radical (unpaired) electrons. The standard InChI is InChI=1S/C11H14BrN3/c1-3-9-10(5-13)15-6-8(12)4-7(2)11(15)14-9/h4,6H,3,5,13H2,1-2H3. The fraction of sp³-hybridized carbons (Fsp3) is 0.364. The Balaban J connectivity index is 2.82. The minimum Gasteiger partial charge on any atom is -0.325 e. The molecule has 2 rings (SSSR count). The first kappa shape index (κ1) is 10.6. The largest absolute Gasteiger partial charge is 0.325 e. The molecule has 0 spiro atoms. The first-order chi connectivity index (χ1) is 7.17. The molecule has 0 unspecified atom stereocenters. The number of aryl methyl sites for hydroxylation is 2. The SMILES string of the molecule is CCc1nc2c(C)cc(Br)cn2c1CN. The van der Waals surface area contributed by atoms with Crippen molar-refractivity contribution in [3.63, 3.8) is 0 Å². The van der Waals surface area contributed by atoms with Crippen LogP contribution in [0.4, 0.5) is 0 Å². The Hall–Kier alpha value is -0.870. The number of fused-ring (bicyclic) bond motifs is 1. The third-order valence-corrected chi connectivity index (χ3v) is 3.01. The quantitative estimate of drug-likeness (QED) is 0.909. The van der Waals surface area contributed by atoms with E-state index in [0.717, 1.165) is 27.9 Å². The molecule has 2 aromatic rings. The van der Waals surface area contributed by atoms with Gasteiger partial charge in [-0.15, -0.1) is 0 Å². The Morgan fingerprint density at radius 3 is 2.87 bits per heavy atom. The molecule has 0 amide bonds. The first-order valence-corrected chi connectivity index (χ1v) is 5.82. The van der Waals surface area contributed by atoms with Gasteiger partial charge in [0.25, 0.3) is 0 Å². The summed E-state index contributed by atoms with van der Waals surface area (Å²) in [5, 5.41) is 0. The van der Waals surface area contributed by atoms with Crippen LogP contribution in [-0.2, 0) is 13.0 Å². The van der Waals surface area contributed by atoms with Gasteiger partial charge in [-0.05, 0) is 40.9 Å². The summed E-state index contributed by atoms with van der Waals surface area (Å²) in [5.41, 5.74) is 10.1. The minimum absolute atomic E-state index is 0.528. The highest BCUT2D eigenvalue weighted by Gasteiger charge is 2.11. The van der Waals surface area contributed by atoms with Gasteiger partial charge in [-0.1, -0.05) is 6.92 Å². The predicted octanol–water partition coefficient (Wildman–Crippen LogP) is 2.43. The summed E-state index contributed by atoms with van der Waals surface area (Å²) in [5.74, 6) is 0. The van der Waals surface area contributed by atoms with Crippen LogP contribution in [0.5, 0.6) is 0 Å². The molecule has 80 valence electrons. The van der Waals surface area contributed by atoms with Gasteiger partial charge in [-0.3, -0.25) is 0 Å². The fourth-order valence-electron chi connectivity index (χ4n) is 1.86. The molecule has 0 bridgehead atoms. The average Bonchev–Trinajstić information content (AvgIpc) is 2.55. The lowest BCUT2D eigenvalue weighted by Gasteiger charge is -2.02. The first-order valence-electron chi connectivity index (χ1n) is 5.03. The van der Waals surface area contributed by atoms with E-state index in [2.05, 4.69) is 45.2 Å². The molecule has 2 aromatic heterocycles. The molecule has 15 heavy (non-hydrogen) atoms. The maximum absolute atomic E-state index is 5.76. The highest BCUT2D eigenvalue weighted by atomic mass is 79.9. The lowest BCUT2D eigenvalue weighted by Crippen LogP contribution is -2.03. The van der Waals surface area contributed by atoms with E-state index in [9.17, 15) is 0 Å². The van der Waals surface area contributed by atoms with Gasteiger partial charge in [-0.25, -0.2) is 4.98 Å². The summed E-state index contributed by atoms with van der Waals surface area (Å²) in [6.45, 7) is 4.69. The lowest BCUT2D eigenvalue weighted by atomic mass is 10.2. The monoisotopic (exact) mass is 267 g/mol. The van der Waals surface area contributed by atoms with E-state index in [1.54, 1.807) is 0 Å². The molecule has 0 saturated heterocycles. The van der Waals surface area contributed by atoms with Crippen molar-refractivity contribution in [1.82, 2.24) is 9.38 Å². The normalized spacial score (nSPS) is 11.2. The van der Waals surface area contributed by atoms with E-state index in [-0.39, 0.29) is 0 Å². The number of hydrogen-bond acceptors (Lipinski definition) is 2. The Morgan fingerprint density at radius 2 is 2.27 bits per heavy atom. The molecule has 0 aliphatic heterocycles. The minimum atomic E-state index is 0.528. The van der Waals surface area contributed by atoms with Crippen molar-refractivity contribution in [3.8, 4) is 0 Å². The van der Waals surface area contributed by atoms with Crippen LogP contribution in [0.1, 0.15) is 23.9 Å². The Bertz CT molecular complexity index is 502. The van der Waals surface area contributed by atoms with Crippen molar-refractivity contribution in [3.05, 3.63) is 33.7 Å². The average molecular weight is 268 g/mol. The van der Waals surface area contributed by atoms with E-state index in [1.165, 1.54) is 5.56 Å². The van der Waals surface area contributed by atoms with E-state index < -0.39 is 0 Å². The zero-order chi connectivity index (χ0) is 11.0. The number of nitrogens with two attached hydrogens (primary N) is 1. The van der Waals surface area contributed by atoms with Gasteiger partial charge in [0.15, 0.2) is 0 Å². The highest BCUT2D eigenvalue weighted by Crippen LogP contribution is 2.20. The number of hydrogen-bond donors (Lipinski definition) is 1. The summed E-state index contributed by atoms with van der Waals surface area (Å²) in [6.07, 6.45) is 2.95. The van der Waals surface area contributed by atoms with Gasteiger partial charge >= 0.3 is 0 Å². The zero-order valence-corrected chi connectivity index (χ0v) is 10.5. The number of aromatic nitrogens is 2. The van der Waals surface area contributed by atoms with Crippen LogP contribution >= 0.6 is 15.9 Å². The maximum atomic E-state index is 5.76. The van der Waals surface area contributed by atoms with Crippen LogP contribution in [0, 0.1) is 6.92 Å². The summed E-state index contributed by atoms with van der Waals surface area (Å²) in [6, 6.07) is 2.07. The Morgan fingerprint density at radius 1 is 1.53 bits per heavy atom. The van der Waals surface area contributed by atoms with Gasteiger partial charge in [0, 0.05) is 17.2 Å². The van der Waals surface area contributed by atoms with Crippen molar-refractivity contribution in [2.75, 3.05) is 0 Å². The summed E-state index contributed by atoms with van der Waals surface area (Å²) in [4.78, 5) is 4.60. The van der Waals surface area contributed by atoms with Crippen molar-refractivity contribution in [1.29, 1.82) is 0 Å². The maximum Gasteiger partial charge on any atom is 0.140 e. The molecule has 0 saturated carbocycles. The predicted molar refractivity (Wildman–Crippen MR) is 64.9 cm³/mol. The smallest absolute Gasteiger partial charge is 0.140 e. The molecule has 0 aliphatic rings. The van der Waals surface area contributed by atoms with Crippen LogP contribution in [-0.4, -0.2) is 9.38 Å². The van der Waals surface area contributed by atoms with Gasteiger partial charge in [0.2, 0.25) is 0 Å². The lowest BCUT2D eigenvalue weighted by molar-refractivity contribution is 0.913. The van der Waals surface area contributed by atoms with Crippen LogP contribution in [0.15, 0.2) is 16.7 Å². The van der Waals surface area contributed by atoms with Gasteiger partial charge in [0.1, 0.15) is 5.65 Å². The number of imidazole rings is 1. The number of rotatable bonds is 2. The van der Waals surface area contributed by atoms with Gasteiger partial charge in [-0.2, -0.15) is 0 Å². The van der Waals surface area contributed by atoms with Gasteiger partial charge < -0.3 is 10.1 Å². The fourth-order valence-corrected chi connectivity index (χ4v) is 2.41. The second-order valence-corrected chi connectivity index (χ2v) is 4.51. The van der Waals surface area contributed by atoms with Crippen LogP contribution in [0.2, 0.25) is 0 Å². The van der Waals surface area contributed by atoms with Crippen LogP contribution < -0.4 is 5.73 Å². The Kier molecular flexibility index (Phi) is 2.80. The summed E-state index contributed by atoms with van der Waals surface area (Å²) >= 11 is 3.49. The van der Waals surface area contributed by atoms with Crippen molar-refractivity contribution >= 4 is 21.6 Å². The molecule has 0 atom stereocenters. The van der Waals surface area contributed by atoms with Gasteiger partial charge in [0.05, 0.1) is 11.4 Å². The highest BCUT2D eigenvalue weighted by molar-refractivity contribution is 9.10. The second kappa shape index (κ2) is 3.94. The third kappa shape index (κ3) is 1.68. The topological polar surface area (TPSA) is 43.3 Å².